The summed E-state index contributed by atoms with van der Waals surface area (Å²) in [7, 11) is 1.45. The van der Waals surface area contributed by atoms with Gasteiger partial charge in [0.25, 0.3) is 11.1 Å². The van der Waals surface area contributed by atoms with E-state index in [0.717, 1.165) is 4.57 Å². The van der Waals surface area contributed by atoms with Crippen LogP contribution < -0.4 is 11.1 Å². The van der Waals surface area contributed by atoms with Crippen LogP contribution in [0.25, 0.3) is 39.3 Å². The Hall–Kier alpha value is -4.33. The van der Waals surface area contributed by atoms with Gasteiger partial charge in [0, 0.05) is 13.2 Å². The van der Waals surface area contributed by atoms with E-state index in [9.17, 15) is 22.8 Å². The molecule has 0 amide bonds. The van der Waals surface area contributed by atoms with Crippen LogP contribution in [0.4, 0.5) is 13.2 Å². The van der Waals surface area contributed by atoms with Crippen molar-refractivity contribution in [3.8, 4) is 22.6 Å². The molecule has 0 bridgehead atoms. The van der Waals surface area contributed by atoms with Gasteiger partial charge in [-0.05, 0) is 18.6 Å². The molecule has 160 valence electrons. The van der Waals surface area contributed by atoms with Crippen molar-refractivity contribution in [2.75, 3.05) is 0 Å². The molecule has 0 saturated carbocycles. The van der Waals surface area contributed by atoms with Crippen LogP contribution in [0.1, 0.15) is 11.4 Å². The average Bonchev–Trinajstić information content (AvgIpc) is 3.34. The van der Waals surface area contributed by atoms with Gasteiger partial charge in [-0.15, -0.1) is 0 Å². The molecule has 1 aromatic carbocycles. The maximum atomic E-state index is 13.8. The number of nitrogens with zero attached hydrogens (tertiary/aromatic N) is 4. The predicted molar refractivity (Wildman–Crippen MR) is 107 cm³/mol. The average molecular weight is 439 g/mol. The fourth-order valence-corrected chi connectivity index (χ4v) is 3.51. The Bertz CT molecular complexity index is 1620. The van der Waals surface area contributed by atoms with E-state index < -0.39 is 23.0 Å². The molecule has 0 aliphatic rings. The molecule has 0 aliphatic heterocycles. The SMILES string of the molecule is Cc1nc2c(-c3ccccc3)c(C(F)(F)F)[nH]n2c(=O)c1-c1nc2c(=O)n(C)c#cc2o1. The Kier molecular flexibility index (Phi) is 4.04. The molecule has 4 heterocycles. The van der Waals surface area contributed by atoms with Crippen molar-refractivity contribution >= 4 is 16.7 Å². The maximum Gasteiger partial charge on any atom is 0.433 e. The summed E-state index contributed by atoms with van der Waals surface area (Å²) < 4.78 is 48.7. The van der Waals surface area contributed by atoms with Crippen molar-refractivity contribution in [2.45, 2.75) is 13.1 Å². The van der Waals surface area contributed by atoms with Crippen LogP contribution in [0.3, 0.4) is 0 Å². The highest BCUT2D eigenvalue weighted by Gasteiger charge is 2.38. The first-order chi connectivity index (χ1) is 15.2. The molecule has 5 aromatic rings. The van der Waals surface area contributed by atoms with E-state index in [0.29, 0.717) is 4.52 Å². The molecule has 0 spiro atoms. The number of rotatable bonds is 2. The van der Waals surface area contributed by atoms with Crippen molar-refractivity contribution in [2.24, 2.45) is 7.05 Å². The molecule has 0 unspecified atom stereocenters. The van der Waals surface area contributed by atoms with Gasteiger partial charge in [-0.1, -0.05) is 30.3 Å². The maximum absolute atomic E-state index is 13.8. The number of aromatic amines is 1. The van der Waals surface area contributed by atoms with Gasteiger partial charge >= 0.3 is 6.18 Å². The van der Waals surface area contributed by atoms with Gasteiger partial charge in [-0.2, -0.15) is 17.7 Å². The van der Waals surface area contributed by atoms with Gasteiger partial charge in [0.1, 0.15) is 11.3 Å². The summed E-state index contributed by atoms with van der Waals surface area (Å²) in [5.41, 5.74) is -2.89. The largest absolute Gasteiger partial charge is 0.433 e. The van der Waals surface area contributed by atoms with Crippen LogP contribution >= 0.6 is 0 Å². The second kappa shape index (κ2) is 6.58. The summed E-state index contributed by atoms with van der Waals surface area (Å²) in [5.74, 6) is -0.248. The minimum Gasteiger partial charge on any atom is -0.426 e. The van der Waals surface area contributed by atoms with E-state index in [4.69, 9.17) is 4.42 Å². The van der Waals surface area contributed by atoms with Gasteiger partial charge in [-0.3, -0.25) is 19.3 Å². The van der Waals surface area contributed by atoms with Gasteiger partial charge < -0.3 is 4.42 Å². The lowest BCUT2D eigenvalue weighted by molar-refractivity contribution is -0.140. The van der Waals surface area contributed by atoms with Gasteiger partial charge in [0.2, 0.25) is 11.5 Å². The Morgan fingerprint density at radius 3 is 2.47 bits per heavy atom. The lowest BCUT2D eigenvalue weighted by Gasteiger charge is -2.07. The zero-order chi connectivity index (χ0) is 22.8. The summed E-state index contributed by atoms with van der Waals surface area (Å²) in [6.07, 6.45) is -2.24. The Morgan fingerprint density at radius 2 is 1.78 bits per heavy atom. The first kappa shape index (κ1) is 19.6. The van der Waals surface area contributed by atoms with Crippen molar-refractivity contribution in [1.29, 1.82) is 0 Å². The Balaban J connectivity index is 1.84. The fraction of sp³-hybridized carbons (Fsp3) is 0.143. The molecule has 11 heteroatoms. The molecule has 0 fully saturated rings. The zero-order valence-electron chi connectivity index (χ0n) is 16.5. The number of halogens is 3. The number of aryl methyl sites for hydroxylation is 1. The number of oxazole rings is 1. The number of benzene rings is 1. The van der Waals surface area contributed by atoms with Gasteiger partial charge in [-0.25, -0.2) is 9.97 Å². The fourth-order valence-electron chi connectivity index (χ4n) is 3.51. The third kappa shape index (κ3) is 2.80. The summed E-state index contributed by atoms with van der Waals surface area (Å²) >= 11 is 0. The van der Waals surface area contributed by atoms with E-state index in [2.05, 4.69) is 27.3 Å². The lowest BCUT2D eigenvalue weighted by Crippen LogP contribution is -2.20. The van der Waals surface area contributed by atoms with Gasteiger partial charge in [0.05, 0.1) is 11.3 Å². The second-order valence-corrected chi connectivity index (χ2v) is 7.06. The third-order valence-corrected chi connectivity index (χ3v) is 4.99. The van der Waals surface area contributed by atoms with Gasteiger partial charge in [0.15, 0.2) is 11.2 Å². The number of H-pyrrole nitrogens is 1. The minimum absolute atomic E-state index is 0.0283. The Labute approximate surface area is 176 Å². The molecule has 32 heavy (non-hydrogen) atoms. The number of alkyl halides is 3. The summed E-state index contributed by atoms with van der Waals surface area (Å²) in [5, 5.41) is 2.13. The molecule has 0 atom stereocenters. The molecule has 8 nitrogen and oxygen atoms in total. The summed E-state index contributed by atoms with van der Waals surface area (Å²) in [4.78, 5) is 33.8. The molecule has 5 rings (SSSR count). The monoisotopic (exact) mass is 439 g/mol. The van der Waals surface area contributed by atoms with E-state index in [1.165, 1.54) is 26.1 Å². The van der Waals surface area contributed by atoms with Crippen molar-refractivity contribution in [3.63, 3.8) is 0 Å². The Morgan fingerprint density at radius 1 is 1.06 bits per heavy atom. The lowest BCUT2D eigenvalue weighted by atomic mass is 10.1. The van der Waals surface area contributed by atoms with Crippen molar-refractivity contribution in [3.05, 3.63) is 74.7 Å². The van der Waals surface area contributed by atoms with Crippen molar-refractivity contribution in [1.82, 2.24) is 24.1 Å². The highest BCUT2D eigenvalue weighted by Crippen LogP contribution is 2.38. The van der Waals surface area contributed by atoms with E-state index >= 15 is 0 Å². The minimum atomic E-state index is -4.77. The molecule has 0 aliphatic carbocycles. The zero-order valence-corrected chi connectivity index (χ0v) is 16.5. The first-order valence-corrected chi connectivity index (χ1v) is 9.25. The molecule has 0 saturated heterocycles. The number of fused-ring (bicyclic) bond motifs is 2. The highest BCUT2D eigenvalue weighted by atomic mass is 19.4. The van der Waals surface area contributed by atoms with Crippen LogP contribution in [0, 0.1) is 19.2 Å². The normalized spacial score (nSPS) is 11.9. The standard InChI is InChI=1S/C21H12F3N5O3/c1-10-13(18-26-15-12(32-18)8-9-28(2)20(15)31)19(30)29-17(25-10)14(11-6-4-3-5-7-11)16(27-29)21(22,23)24/h3-7,27H,1-2H3. The topological polar surface area (TPSA) is 98.2 Å². The van der Waals surface area contributed by atoms with E-state index in [1.807, 2.05) is 0 Å². The highest BCUT2D eigenvalue weighted by molar-refractivity contribution is 5.81. The number of aromatic nitrogens is 5. The van der Waals surface area contributed by atoms with Crippen LogP contribution in [-0.2, 0) is 13.2 Å². The molecule has 4 aromatic heterocycles. The summed E-state index contributed by atoms with van der Waals surface area (Å²) in [6.45, 7) is 1.45. The van der Waals surface area contributed by atoms with Crippen LogP contribution in [0.5, 0.6) is 0 Å². The molecule has 1 N–H and O–H groups in total. The molecular weight excluding hydrogens is 427 g/mol. The quantitative estimate of drug-likeness (QED) is 0.456. The van der Waals surface area contributed by atoms with Crippen LogP contribution in [-0.4, -0.2) is 24.1 Å². The number of hydrogen-bond donors (Lipinski definition) is 1. The van der Waals surface area contributed by atoms with Crippen LogP contribution in [0.2, 0.25) is 0 Å². The van der Waals surface area contributed by atoms with Crippen LogP contribution in [0.15, 0.2) is 44.3 Å². The summed E-state index contributed by atoms with van der Waals surface area (Å²) in [6, 6.07) is 10.4. The molecular formula is C21H12F3N5O3. The predicted octanol–water partition coefficient (Wildman–Crippen LogP) is 3.12. The molecule has 0 radical (unpaired) electrons. The smallest absolute Gasteiger partial charge is 0.426 e. The first-order valence-electron chi connectivity index (χ1n) is 9.25. The van der Waals surface area contributed by atoms with E-state index in [1.54, 1.807) is 18.2 Å². The number of hydrogen-bond acceptors (Lipinski definition) is 5. The van der Waals surface area contributed by atoms with E-state index in [-0.39, 0.29) is 45.0 Å². The van der Waals surface area contributed by atoms with Crippen molar-refractivity contribution < 1.29 is 17.6 Å². The number of nitrogens with one attached hydrogen (secondary N) is 1. The second-order valence-electron chi connectivity index (χ2n) is 7.06. The third-order valence-electron chi connectivity index (χ3n) is 4.99.